The SMILES string of the molecule is N#Cc1cccc(CN2C(=O)NC(c3ccccc3)C2=O)c1. The van der Waals surface area contributed by atoms with Crippen molar-refractivity contribution in [3.8, 4) is 6.07 Å². The largest absolute Gasteiger partial charge is 0.325 e. The second kappa shape index (κ2) is 5.70. The summed E-state index contributed by atoms with van der Waals surface area (Å²) in [7, 11) is 0. The molecule has 1 saturated heterocycles. The number of imide groups is 1. The molecule has 3 rings (SSSR count). The zero-order valence-electron chi connectivity index (χ0n) is 11.7. The number of nitriles is 1. The summed E-state index contributed by atoms with van der Waals surface area (Å²) in [6.07, 6.45) is 0. The Morgan fingerprint density at radius 2 is 1.86 bits per heavy atom. The molecular formula is C17H13N3O2. The molecule has 1 aliphatic rings. The molecule has 5 nitrogen and oxygen atoms in total. The first-order chi connectivity index (χ1) is 10.7. The van der Waals surface area contributed by atoms with Crippen molar-refractivity contribution in [2.75, 3.05) is 0 Å². The maximum atomic E-state index is 12.5. The Morgan fingerprint density at radius 1 is 1.09 bits per heavy atom. The first-order valence-corrected chi connectivity index (χ1v) is 6.85. The Hall–Kier alpha value is -3.13. The van der Waals surface area contributed by atoms with Crippen LogP contribution in [-0.4, -0.2) is 16.8 Å². The van der Waals surface area contributed by atoms with Crippen LogP contribution in [0.5, 0.6) is 0 Å². The molecule has 0 aromatic heterocycles. The fourth-order valence-electron chi connectivity index (χ4n) is 2.46. The van der Waals surface area contributed by atoms with E-state index in [-0.39, 0.29) is 12.5 Å². The number of hydrogen-bond acceptors (Lipinski definition) is 3. The van der Waals surface area contributed by atoms with Crippen LogP contribution < -0.4 is 5.32 Å². The van der Waals surface area contributed by atoms with Crippen LogP contribution in [-0.2, 0) is 11.3 Å². The maximum Gasteiger partial charge on any atom is 0.325 e. The van der Waals surface area contributed by atoms with Gasteiger partial charge in [-0.1, -0.05) is 42.5 Å². The first kappa shape index (κ1) is 13.8. The summed E-state index contributed by atoms with van der Waals surface area (Å²) in [5.41, 5.74) is 2.01. The highest BCUT2D eigenvalue weighted by Gasteiger charge is 2.38. The third-order valence-electron chi connectivity index (χ3n) is 3.56. The average molecular weight is 291 g/mol. The summed E-state index contributed by atoms with van der Waals surface area (Å²) in [6, 6.07) is 17.0. The molecule has 1 N–H and O–H groups in total. The third kappa shape index (κ3) is 2.54. The highest BCUT2D eigenvalue weighted by Crippen LogP contribution is 2.23. The average Bonchev–Trinajstić information content (AvgIpc) is 2.84. The van der Waals surface area contributed by atoms with Crippen molar-refractivity contribution < 1.29 is 9.59 Å². The predicted molar refractivity (Wildman–Crippen MR) is 79.4 cm³/mol. The van der Waals surface area contributed by atoms with Gasteiger partial charge >= 0.3 is 6.03 Å². The van der Waals surface area contributed by atoms with Crippen molar-refractivity contribution in [3.05, 3.63) is 71.3 Å². The van der Waals surface area contributed by atoms with Gasteiger partial charge in [-0.05, 0) is 23.3 Å². The second-order valence-electron chi connectivity index (χ2n) is 5.03. The minimum atomic E-state index is -0.646. The number of carbonyl (C=O) groups is 2. The molecule has 0 radical (unpaired) electrons. The zero-order valence-corrected chi connectivity index (χ0v) is 11.7. The van der Waals surface area contributed by atoms with E-state index in [1.165, 1.54) is 4.90 Å². The molecule has 1 heterocycles. The van der Waals surface area contributed by atoms with Gasteiger partial charge in [-0.15, -0.1) is 0 Å². The number of rotatable bonds is 3. The third-order valence-corrected chi connectivity index (χ3v) is 3.56. The smallest absolute Gasteiger partial charge is 0.322 e. The van der Waals surface area contributed by atoms with Crippen LogP contribution in [0.15, 0.2) is 54.6 Å². The number of benzene rings is 2. The number of hydrogen-bond donors (Lipinski definition) is 1. The van der Waals surface area contributed by atoms with Crippen molar-refractivity contribution in [3.63, 3.8) is 0 Å². The van der Waals surface area contributed by atoms with Gasteiger partial charge < -0.3 is 5.32 Å². The normalized spacial score (nSPS) is 17.2. The molecule has 0 bridgehead atoms. The van der Waals surface area contributed by atoms with Crippen molar-refractivity contribution in [1.82, 2.24) is 10.2 Å². The minimum Gasteiger partial charge on any atom is -0.322 e. The van der Waals surface area contributed by atoms with Gasteiger partial charge in [-0.2, -0.15) is 5.26 Å². The Labute approximate surface area is 127 Å². The molecular weight excluding hydrogens is 278 g/mol. The fourth-order valence-corrected chi connectivity index (χ4v) is 2.46. The van der Waals surface area contributed by atoms with Crippen molar-refractivity contribution in [1.29, 1.82) is 5.26 Å². The Balaban J connectivity index is 1.82. The van der Waals surface area contributed by atoms with Crippen LogP contribution in [0.3, 0.4) is 0 Å². The summed E-state index contributed by atoms with van der Waals surface area (Å²) in [5, 5.41) is 11.6. The lowest BCUT2D eigenvalue weighted by molar-refractivity contribution is -0.128. The van der Waals surface area contributed by atoms with Crippen LogP contribution in [0.2, 0.25) is 0 Å². The van der Waals surface area contributed by atoms with Gasteiger partial charge in [-0.3, -0.25) is 9.69 Å². The predicted octanol–water partition coefficient (Wildman–Crippen LogP) is 2.35. The van der Waals surface area contributed by atoms with Gasteiger partial charge in [0.25, 0.3) is 5.91 Å². The molecule has 0 spiro atoms. The lowest BCUT2D eigenvalue weighted by Gasteiger charge is -2.13. The monoisotopic (exact) mass is 291 g/mol. The van der Waals surface area contributed by atoms with Crippen LogP contribution >= 0.6 is 0 Å². The number of nitrogens with one attached hydrogen (secondary N) is 1. The lowest BCUT2D eigenvalue weighted by Crippen LogP contribution is -2.30. The van der Waals surface area contributed by atoms with E-state index in [0.29, 0.717) is 5.56 Å². The van der Waals surface area contributed by atoms with Gasteiger partial charge in [0.1, 0.15) is 6.04 Å². The molecule has 1 aliphatic heterocycles. The van der Waals surface area contributed by atoms with E-state index in [9.17, 15) is 9.59 Å². The summed E-state index contributed by atoms with van der Waals surface area (Å²) >= 11 is 0. The molecule has 1 unspecified atom stereocenters. The van der Waals surface area contributed by atoms with E-state index in [1.54, 1.807) is 24.3 Å². The van der Waals surface area contributed by atoms with Gasteiger partial charge in [0.05, 0.1) is 18.2 Å². The van der Waals surface area contributed by atoms with E-state index >= 15 is 0 Å². The quantitative estimate of drug-likeness (QED) is 0.882. The van der Waals surface area contributed by atoms with Crippen LogP contribution in [0.25, 0.3) is 0 Å². The van der Waals surface area contributed by atoms with Gasteiger partial charge in [0.15, 0.2) is 0 Å². The van der Waals surface area contributed by atoms with Crippen LogP contribution in [0.4, 0.5) is 4.79 Å². The van der Waals surface area contributed by atoms with E-state index in [4.69, 9.17) is 5.26 Å². The van der Waals surface area contributed by atoms with Crippen molar-refractivity contribution in [2.45, 2.75) is 12.6 Å². The summed E-state index contributed by atoms with van der Waals surface area (Å²) < 4.78 is 0. The molecule has 0 aliphatic carbocycles. The number of carbonyl (C=O) groups excluding carboxylic acids is 2. The topological polar surface area (TPSA) is 73.2 Å². The van der Waals surface area contributed by atoms with Crippen molar-refractivity contribution in [2.24, 2.45) is 0 Å². The first-order valence-electron chi connectivity index (χ1n) is 6.85. The second-order valence-corrected chi connectivity index (χ2v) is 5.03. The molecule has 2 aromatic rings. The van der Waals surface area contributed by atoms with E-state index in [1.807, 2.05) is 36.4 Å². The minimum absolute atomic E-state index is 0.156. The molecule has 1 atom stereocenters. The maximum absolute atomic E-state index is 12.5. The standard InChI is InChI=1S/C17H13N3O2/c18-10-12-5-4-6-13(9-12)11-20-16(21)15(19-17(20)22)14-7-2-1-3-8-14/h1-9,15H,11H2,(H,19,22). The van der Waals surface area contributed by atoms with Gasteiger partial charge in [0, 0.05) is 0 Å². The molecule has 1 fully saturated rings. The molecule has 22 heavy (non-hydrogen) atoms. The number of urea groups is 1. The van der Waals surface area contributed by atoms with Crippen molar-refractivity contribution >= 4 is 11.9 Å². The number of amides is 3. The van der Waals surface area contributed by atoms with Gasteiger partial charge in [-0.25, -0.2) is 4.79 Å². The molecule has 108 valence electrons. The van der Waals surface area contributed by atoms with E-state index < -0.39 is 12.1 Å². The summed E-state index contributed by atoms with van der Waals surface area (Å²) in [5.74, 6) is -0.279. The Morgan fingerprint density at radius 3 is 2.59 bits per heavy atom. The van der Waals surface area contributed by atoms with Gasteiger partial charge in [0.2, 0.25) is 0 Å². The van der Waals surface area contributed by atoms with E-state index in [2.05, 4.69) is 5.32 Å². The highest BCUT2D eigenvalue weighted by molar-refractivity contribution is 6.04. The summed E-state index contributed by atoms with van der Waals surface area (Å²) in [6.45, 7) is 0.156. The molecule has 5 heteroatoms. The lowest BCUT2D eigenvalue weighted by atomic mass is 10.1. The molecule has 2 aromatic carbocycles. The van der Waals surface area contributed by atoms with E-state index in [0.717, 1.165) is 11.1 Å². The van der Waals surface area contributed by atoms with Crippen LogP contribution in [0, 0.1) is 11.3 Å². The molecule has 0 saturated carbocycles. The molecule has 3 amide bonds. The van der Waals surface area contributed by atoms with Crippen LogP contribution in [0.1, 0.15) is 22.7 Å². The summed E-state index contributed by atoms with van der Waals surface area (Å²) in [4.78, 5) is 25.7. The highest BCUT2D eigenvalue weighted by atomic mass is 16.2. The Kier molecular flexibility index (Phi) is 3.58. The number of nitrogens with zero attached hydrogens (tertiary/aromatic N) is 2. The zero-order chi connectivity index (χ0) is 15.5. The Bertz CT molecular complexity index is 765. The fraction of sp³-hybridized carbons (Fsp3) is 0.118.